The molecule has 1 aromatic rings. The topological polar surface area (TPSA) is 88.1 Å². The highest BCUT2D eigenvalue weighted by Crippen LogP contribution is 2.19. The third-order valence-corrected chi connectivity index (χ3v) is 4.66. The molecule has 7 nitrogen and oxygen atoms in total. The van der Waals surface area contributed by atoms with Crippen LogP contribution in [0.25, 0.3) is 0 Å². The summed E-state index contributed by atoms with van der Waals surface area (Å²) in [5.41, 5.74) is 0.111. The van der Waals surface area contributed by atoms with E-state index < -0.39 is 21.7 Å². The van der Waals surface area contributed by atoms with Crippen LogP contribution in [0.1, 0.15) is 39.2 Å². The van der Waals surface area contributed by atoms with Crippen molar-refractivity contribution in [3.63, 3.8) is 0 Å². The van der Waals surface area contributed by atoms with E-state index in [1.165, 1.54) is 6.21 Å². The average Bonchev–Trinajstić information content (AvgIpc) is 2.94. The summed E-state index contributed by atoms with van der Waals surface area (Å²) in [6, 6.07) is 8.60. The van der Waals surface area contributed by atoms with Gasteiger partial charge in [0.1, 0.15) is 5.60 Å². The SMILES string of the molecule is CC(C)(C)OC(=O)N1CCC[C@@H]1/C=N/NS(=O)(=O)Cc1ccccc1. The third-order valence-electron chi connectivity index (χ3n) is 3.57. The molecule has 1 amide bonds. The summed E-state index contributed by atoms with van der Waals surface area (Å²) >= 11 is 0. The molecule has 1 aliphatic rings. The van der Waals surface area contributed by atoms with E-state index in [2.05, 4.69) is 9.93 Å². The zero-order valence-corrected chi connectivity index (χ0v) is 15.6. The van der Waals surface area contributed by atoms with Crippen molar-refractivity contribution in [3.8, 4) is 0 Å². The molecule has 0 unspecified atom stereocenters. The van der Waals surface area contributed by atoms with Crippen LogP contribution in [0.2, 0.25) is 0 Å². The van der Waals surface area contributed by atoms with Crippen molar-refractivity contribution in [3.05, 3.63) is 35.9 Å². The predicted octanol–water partition coefficient (Wildman–Crippen LogP) is 2.49. The highest BCUT2D eigenvalue weighted by molar-refractivity contribution is 7.88. The van der Waals surface area contributed by atoms with Crippen LogP contribution < -0.4 is 4.83 Å². The number of benzene rings is 1. The normalized spacial score (nSPS) is 18.5. The molecule has 2 rings (SSSR count). The Morgan fingerprint density at radius 2 is 2.04 bits per heavy atom. The minimum absolute atomic E-state index is 0.147. The van der Waals surface area contributed by atoms with Crippen LogP contribution in [-0.2, 0) is 20.5 Å². The molecule has 0 aromatic heterocycles. The van der Waals surface area contributed by atoms with Gasteiger partial charge < -0.3 is 9.64 Å². The van der Waals surface area contributed by atoms with Gasteiger partial charge in [0.2, 0.25) is 0 Å². The molecule has 0 spiro atoms. The Kier molecular flexibility index (Phi) is 6.05. The van der Waals surface area contributed by atoms with Crippen molar-refractivity contribution in [1.29, 1.82) is 0 Å². The molecular weight excluding hydrogens is 342 g/mol. The number of rotatable bonds is 5. The van der Waals surface area contributed by atoms with Crippen molar-refractivity contribution in [2.24, 2.45) is 5.10 Å². The van der Waals surface area contributed by atoms with E-state index in [0.29, 0.717) is 12.1 Å². The zero-order valence-electron chi connectivity index (χ0n) is 14.8. The lowest BCUT2D eigenvalue weighted by molar-refractivity contribution is 0.0268. The van der Waals surface area contributed by atoms with Gasteiger partial charge in [-0.2, -0.15) is 5.10 Å². The minimum Gasteiger partial charge on any atom is -0.444 e. The first kappa shape index (κ1) is 19.2. The first-order valence-corrected chi connectivity index (χ1v) is 9.88. The van der Waals surface area contributed by atoms with E-state index in [4.69, 9.17) is 4.74 Å². The standard InChI is InChI=1S/C17H25N3O4S/c1-17(2,3)24-16(21)20-11-7-10-15(20)12-18-19-25(22,23)13-14-8-5-4-6-9-14/h4-6,8-9,12,15,19H,7,10-11,13H2,1-3H3/b18-12+/t15-/m1/s1. The molecule has 0 aliphatic carbocycles. The lowest BCUT2D eigenvalue weighted by Crippen LogP contribution is -2.40. The van der Waals surface area contributed by atoms with Gasteiger partial charge >= 0.3 is 6.09 Å². The number of hydrazone groups is 1. The minimum atomic E-state index is -3.58. The summed E-state index contributed by atoms with van der Waals surface area (Å²) in [5.74, 6) is -0.147. The molecule has 1 fully saturated rings. The van der Waals surface area contributed by atoms with Crippen molar-refractivity contribution in [2.45, 2.75) is 51.0 Å². The molecule has 25 heavy (non-hydrogen) atoms. The molecule has 1 aromatic carbocycles. The Labute approximate surface area is 149 Å². The fraction of sp³-hybridized carbons (Fsp3) is 0.529. The number of carbonyl (C=O) groups excluding carboxylic acids is 1. The van der Waals surface area contributed by atoms with Crippen LogP contribution in [-0.4, -0.2) is 43.8 Å². The van der Waals surface area contributed by atoms with Gasteiger partial charge in [0, 0.05) is 12.8 Å². The van der Waals surface area contributed by atoms with E-state index in [0.717, 1.165) is 12.8 Å². The van der Waals surface area contributed by atoms with Crippen LogP contribution in [0, 0.1) is 0 Å². The van der Waals surface area contributed by atoms with E-state index in [1.54, 1.807) is 29.2 Å². The second-order valence-electron chi connectivity index (χ2n) is 7.00. The highest BCUT2D eigenvalue weighted by atomic mass is 32.2. The number of amides is 1. The fourth-order valence-electron chi connectivity index (χ4n) is 2.52. The Morgan fingerprint density at radius 3 is 2.68 bits per heavy atom. The number of nitrogens with zero attached hydrogens (tertiary/aromatic N) is 2. The first-order chi connectivity index (χ1) is 11.7. The number of hydrogen-bond donors (Lipinski definition) is 1. The summed E-state index contributed by atoms with van der Waals surface area (Å²) in [7, 11) is -3.58. The van der Waals surface area contributed by atoms with Crippen LogP contribution in [0.4, 0.5) is 4.79 Å². The lowest BCUT2D eigenvalue weighted by Gasteiger charge is -2.26. The number of ether oxygens (including phenoxy) is 1. The van der Waals surface area contributed by atoms with Crippen molar-refractivity contribution in [2.75, 3.05) is 6.54 Å². The summed E-state index contributed by atoms with van der Waals surface area (Å²) in [6.45, 7) is 5.99. The largest absolute Gasteiger partial charge is 0.444 e. The molecule has 1 saturated heterocycles. The smallest absolute Gasteiger partial charge is 0.410 e. The fourth-order valence-corrected chi connectivity index (χ4v) is 3.43. The molecule has 1 N–H and O–H groups in total. The molecule has 138 valence electrons. The number of carbonyl (C=O) groups is 1. The molecule has 1 heterocycles. The van der Waals surface area contributed by atoms with Gasteiger partial charge in [-0.1, -0.05) is 30.3 Å². The van der Waals surface area contributed by atoms with Gasteiger partial charge in [-0.25, -0.2) is 18.0 Å². The van der Waals surface area contributed by atoms with Gasteiger partial charge in [0.15, 0.2) is 0 Å². The van der Waals surface area contributed by atoms with Crippen molar-refractivity contribution in [1.82, 2.24) is 9.73 Å². The Hall–Kier alpha value is -2.09. The number of nitrogens with one attached hydrogen (secondary N) is 1. The van der Waals surface area contributed by atoms with Gasteiger partial charge in [-0.3, -0.25) is 0 Å². The quantitative estimate of drug-likeness (QED) is 0.640. The summed E-state index contributed by atoms with van der Waals surface area (Å²) < 4.78 is 29.5. The Bertz CT molecular complexity index is 711. The lowest BCUT2D eigenvalue weighted by atomic mass is 10.2. The maximum Gasteiger partial charge on any atom is 0.410 e. The Morgan fingerprint density at radius 1 is 1.36 bits per heavy atom. The van der Waals surface area contributed by atoms with Crippen LogP contribution >= 0.6 is 0 Å². The number of sulfonamides is 1. The van der Waals surface area contributed by atoms with E-state index in [-0.39, 0.29) is 11.8 Å². The molecule has 8 heteroatoms. The predicted molar refractivity (Wildman–Crippen MR) is 96.7 cm³/mol. The van der Waals surface area contributed by atoms with E-state index in [1.807, 2.05) is 26.8 Å². The molecule has 0 bridgehead atoms. The van der Waals surface area contributed by atoms with Crippen LogP contribution in [0.3, 0.4) is 0 Å². The summed E-state index contributed by atoms with van der Waals surface area (Å²) in [4.78, 5) is 16.0. The maximum atomic E-state index is 12.2. The second-order valence-corrected chi connectivity index (χ2v) is 8.70. The molecule has 1 aliphatic heterocycles. The Balaban J connectivity index is 1.93. The van der Waals surface area contributed by atoms with Crippen LogP contribution in [0.15, 0.2) is 35.4 Å². The van der Waals surface area contributed by atoms with E-state index >= 15 is 0 Å². The number of hydrogen-bond acceptors (Lipinski definition) is 5. The van der Waals surface area contributed by atoms with Gasteiger partial charge in [0.05, 0.1) is 11.8 Å². The number of likely N-dealkylation sites (tertiary alicyclic amines) is 1. The van der Waals surface area contributed by atoms with Gasteiger partial charge in [0.25, 0.3) is 10.0 Å². The molecule has 0 radical (unpaired) electrons. The second kappa shape index (κ2) is 7.86. The first-order valence-electron chi connectivity index (χ1n) is 8.22. The van der Waals surface area contributed by atoms with Gasteiger partial charge in [-0.05, 0) is 39.2 Å². The van der Waals surface area contributed by atoms with E-state index in [9.17, 15) is 13.2 Å². The zero-order chi connectivity index (χ0) is 18.5. The van der Waals surface area contributed by atoms with Gasteiger partial charge in [-0.15, -0.1) is 0 Å². The average molecular weight is 367 g/mol. The summed E-state index contributed by atoms with van der Waals surface area (Å²) in [5, 5.41) is 3.84. The molecule has 1 atom stereocenters. The summed E-state index contributed by atoms with van der Waals surface area (Å²) in [6.07, 6.45) is 2.60. The third kappa shape index (κ3) is 6.38. The monoisotopic (exact) mass is 367 g/mol. The maximum absolute atomic E-state index is 12.2. The van der Waals surface area contributed by atoms with Crippen LogP contribution in [0.5, 0.6) is 0 Å². The molecular formula is C17H25N3O4S. The highest BCUT2D eigenvalue weighted by Gasteiger charge is 2.31. The van der Waals surface area contributed by atoms with Crippen molar-refractivity contribution >= 4 is 22.3 Å². The molecule has 0 saturated carbocycles. The van der Waals surface area contributed by atoms with Crippen molar-refractivity contribution < 1.29 is 17.9 Å².